The van der Waals surface area contributed by atoms with Crippen LogP contribution in [0.5, 0.6) is 0 Å². The van der Waals surface area contributed by atoms with E-state index in [-0.39, 0.29) is 18.0 Å². The lowest BCUT2D eigenvalue weighted by Gasteiger charge is -2.09. The molecular weight excluding hydrogens is 218 g/mol. The smallest absolute Gasteiger partial charge is 0.261 e. The van der Waals surface area contributed by atoms with Crippen LogP contribution >= 0.6 is 0 Å². The molecule has 0 bridgehead atoms. The molecule has 1 aromatic heterocycles. The minimum absolute atomic E-state index is 0.101. The number of fused-ring (bicyclic) bond motifs is 1. The third kappa shape index (κ3) is 2.18. The van der Waals surface area contributed by atoms with Crippen molar-refractivity contribution in [3.63, 3.8) is 0 Å². The van der Waals surface area contributed by atoms with E-state index in [1.54, 1.807) is 25.2 Å². The largest absolute Gasteiger partial charge is 0.349 e. The van der Waals surface area contributed by atoms with Gasteiger partial charge in [0.1, 0.15) is 5.82 Å². The first-order chi connectivity index (χ1) is 8.09. The van der Waals surface area contributed by atoms with Crippen LogP contribution in [0, 0.1) is 0 Å². The van der Waals surface area contributed by atoms with Gasteiger partial charge in [-0.25, -0.2) is 4.98 Å². The fourth-order valence-corrected chi connectivity index (χ4v) is 1.63. The molecule has 1 heterocycles. The molecule has 0 fully saturated rings. The number of nitrogens with one attached hydrogen (secondary N) is 1. The Morgan fingerprint density at radius 3 is 2.82 bits per heavy atom. The Morgan fingerprint density at radius 1 is 1.41 bits per heavy atom. The van der Waals surface area contributed by atoms with Crippen LogP contribution in [0.4, 0.5) is 0 Å². The van der Waals surface area contributed by atoms with Gasteiger partial charge in [0.05, 0.1) is 17.4 Å². The number of hydrogen-bond donors (Lipinski definition) is 1. The van der Waals surface area contributed by atoms with Crippen LogP contribution in [-0.2, 0) is 18.4 Å². The molecule has 0 atom stereocenters. The van der Waals surface area contributed by atoms with Gasteiger partial charge in [0, 0.05) is 14.0 Å². The summed E-state index contributed by atoms with van der Waals surface area (Å²) in [5.74, 6) is 0.399. The summed E-state index contributed by atoms with van der Waals surface area (Å²) in [5.41, 5.74) is 0.548. The van der Waals surface area contributed by atoms with Gasteiger partial charge < -0.3 is 5.32 Å². The zero-order valence-electron chi connectivity index (χ0n) is 9.73. The van der Waals surface area contributed by atoms with E-state index in [0.29, 0.717) is 16.7 Å². The van der Waals surface area contributed by atoms with E-state index >= 15 is 0 Å². The zero-order chi connectivity index (χ0) is 12.4. The van der Waals surface area contributed by atoms with Crippen molar-refractivity contribution in [3.05, 3.63) is 40.4 Å². The van der Waals surface area contributed by atoms with E-state index in [2.05, 4.69) is 10.3 Å². The fourth-order valence-electron chi connectivity index (χ4n) is 1.63. The van der Waals surface area contributed by atoms with Crippen molar-refractivity contribution < 1.29 is 4.79 Å². The van der Waals surface area contributed by atoms with Crippen molar-refractivity contribution >= 4 is 16.8 Å². The maximum atomic E-state index is 12.0. The number of hydrogen-bond acceptors (Lipinski definition) is 3. The summed E-state index contributed by atoms with van der Waals surface area (Å²) in [4.78, 5) is 27.2. The summed E-state index contributed by atoms with van der Waals surface area (Å²) < 4.78 is 1.46. The van der Waals surface area contributed by atoms with Crippen LogP contribution in [0.15, 0.2) is 29.1 Å². The normalized spacial score (nSPS) is 10.5. The van der Waals surface area contributed by atoms with Crippen LogP contribution in [-0.4, -0.2) is 15.5 Å². The molecule has 0 radical (unpaired) electrons. The molecule has 1 amide bonds. The second-order valence-corrected chi connectivity index (χ2v) is 3.82. The van der Waals surface area contributed by atoms with Crippen LogP contribution in [0.1, 0.15) is 12.7 Å². The molecule has 0 unspecified atom stereocenters. The standard InChI is InChI=1S/C12H13N3O2/c1-8(16)13-7-11-14-10-6-4-3-5-9(10)12(17)15(11)2/h3-6H,7H2,1-2H3,(H,13,16). The number of carbonyl (C=O) groups is 1. The summed E-state index contributed by atoms with van der Waals surface area (Å²) in [7, 11) is 1.65. The molecule has 17 heavy (non-hydrogen) atoms. The molecule has 0 aliphatic carbocycles. The highest BCUT2D eigenvalue weighted by molar-refractivity contribution is 5.77. The number of carbonyl (C=O) groups excluding carboxylic acids is 1. The summed E-state index contributed by atoms with van der Waals surface area (Å²) in [6.07, 6.45) is 0. The fraction of sp³-hybridized carbons (Fsp3) is 0.250. The molecule has 2 rings (SSSR count). The van der Waals surface area contributed by atoms with Crippen molar-refractivity contribution in [2.24, 2.45) is 7.05 Å². The highest BCUT2D eigenvalue weighted by Gasteiger charge is 2.07. The lowest BCUT2D eigenvalue weighted by molar-refractivity contribution is -0.119. The first kappa shape index (κ1) is 11.3. The highest BCUT2D eigenvalue weighted by Crippen LogP contribution is 2.06. The Kier molecular flexibility index (Phi) is 2.91. The summed E-state index contributed by atoms with van der Waals surface area (Å²) >= 11 is 0. The van der Waals surface area contributed by atoms with Crippen molar-refractivity contribution in [3.8, 4) is 0 Å². The first-order valence-corrected chi connectivity index (χ1v) is 5.28. The molecule has 5 heteroatoms. The quantitative estimate of drug-likeness (QED) is 0.821. The Morgan fingerprint density at radius 2 is 2.12 bits per heavy atom. The minimum atomic E-state index is -0.146. The molecule has 1 aromatic carbocycles. The first-order valence-electron chi connectivity index (χ1n) is 5.28. The molecule has 2 aromatic rings. The lowest BCUT2D eigenvalue weighted by atomic mass is 10.2. The molecule has 0 spiro atoms. The van der Waals surface area contributed by atoms with Gasteiger partial charge in [-0.2, -0.15) is 0 Å². The Bertz CT molecular complexity index is 631. The predicted molar refractivity (Wildman–Crippen MR) is 64.5 cm³/mol. The van der Waals surface area contributed by atoms with Gasteiger partial charge in [0.2, 0.25) is 5.91 Å². The van der Waals surface area contributed by atoms with Crippen molar-refractivity contribution in [1.29, 1.82) is 0 Å². The summed E-state index contributed by atoms with van der Waals surface area (Å²) in [6.45, 7) is 1.69. The predicted octanol–water partition coefficient (Wildman–Crippen LogP) is 0.570. The Labute approximate surface area is 98.1 Å². The maximum absolute atomic E-state index is 12.0. The van der Waals surface area contributed by atoms with Gasteiger partial charge in [-0.1, -0.05) is 12.1 Å². The van der Waals surface area contributed by atoms with Crippen LogP contribution in [0.2, 0.25) is 0 Å². The number of rotatable bonds is 2. The minimum Gasteiger partial charge on any atom is -0.349 e. The van der Waals surface area contributed by atoms with Crippen molar-refractivity contribution in [2.75, 3.05) is 0 Å². The average molecular weight is 231 g/mol. The summed E-state index contributed by atoms with van der Waals surface area (Å²) in [5, 5.41) is 3.22. The number of para-hydroxylation sites is 1. The molecule has 0 aliphatic rings. The number of aromatic nitrogens is 2. The molecule has 5 nitrogen and oxygen atoms in total. The topological polar surface area (TPSA) is 64.0 Å². The van der Waals surface area contributed by atoms with Gasteiger partial charge in [0.15, 0.2) is 0 Å². The lowest BCUT2D eigenvalue weighted by Crippen LogP contribution is -2.28. The van der Waals surface area contributed by atoms with Crippen LogP contribution < -0.4 is 10.9 Å². The molecule has 0 aliphatic heterocycles. The van der Waals surface area contributed by atoms with Gasteiger partial charge in [-0.15, -0.1) is 0 Å². The van der Waals surface area contributed by atoms with Gasteiger partial charge in [-0.05, 0) is 12.1 Å². The zero-order valence-corrected chi connectivity index (χ0v) is 9.73. The molecule has 0 saturated carbocycles. The summed E-state index contributed by atoms with van der Waals surface area (Å²) in [6, 6.07) is 7.16. The van der Waals surface area contributed by atoms with Crippen molar-refractivity contribution in [1.82, 2.24) is 14.9 Å². The van der Waals surface area contributed by atoms with E-state index in [0.717, 1.165) is 0 Å². The molecular formula is C12H13N3O2. The van der Waals surface area contributed by atoms with Gasteiger partial charge >= 0.3 is 0 Å². The number of benzene rings is 1. The Hall–Kier alpha value is -2.17. The van der Waals surface area contributed by atoms with Crippen LogP contribution in [0.25, 0.3) is 10.9 Å². The van der Waals surface area contributed by atoms with E-state index in [4.69, 9.17) is 0 Å². The molecule has 1 N–H and O–H groups in total. The average Bonchev–Trinajstić information content (AvgIpc) is 2.32. The molecule has 88 valence electrons. The molecule has 0 saturated heterocycles. The van der Waals surface area contributed by atoms with Gasteiger partial charge in [0.25, 0.3) is 5.56 Å². The Balaban J connectivity index is 2.54. The third-order valence-corrected chi connectivity index (χ3v) is 2.57. The van der Waals surface area contributed by atoms with Crippen LogP contribution in [0.3, 0.4) is 0 Å². The maximum Gasteiger partial charge on any atom is 0.261 e. The monoisotopic (exact) mass is 231 g/mol. The third-order valence-electron chi connectivity index (χ3n) is 2.57. The second kappa shape index (κ2) is 4.37. The van der Waals surface area contributed by atoms with Gasteiger partial charge in [-0.3, -0.25) is 14.2 Å². The number of nitrogens with zero attached hydrogens (tertiary/aromatic N) is 2. The number of amides is 1. The van der Waals surface area contributed by atoms with E-state index < -0.39 is 0 Å². The highest BCUT2D eigenvalue weighted by atomic mass is 16.1. The van der Waals surface area contributed by atoms with E-state index in [9.17, 15) is 9.59 Å². The van der Waals surface area contributed by atoms with E-state index in [1.807, 2.05) is 6.07 Å². The second-order valence-electron chi connectivity index (χ2n) is 3.82. The SMILES string of the molecule is CC(=O)NCc1nc2ccccc2c(=O)n1C. The van der Waals surface area contributed by atoms with E-state index in [1.165, 1.54) is 11.5 Å². The van der Waals surface area contributed by atoms with Crippen molar-refractivity contribution in [2.45, 2.75) is 13.5 Å².